The third-order valence-corrected chi connectivity index (χ3v) is 8.09. The summed E-state index contributed by atoms with van der Waals surface area (Å²) in [6, 6.07) is 16.1. The molecule has 1 aliphatic heterocycles. The van der Waals surface area contributed by atoms with Crippen molar-refractivity contribution in [2.45, 2.75) is 103 Å². The van der Waals surface area contributed by atoms with Gasteiger partial charge in [0.25, 0.3) is 5.91 Å². The van der Waals surface area contributed by atoms with Gasteiger partial charge in [-0.15, -0.1) is 0 Å². The summed E-state index contributed by atoms with van der Waals surface area (Å²) in [5.41, 5.74) is 1.52. The van der Waals surface area contributed by atoms with Gasteiger partial charge in [0.15, 0.2) is 18.5 Å². The molecular formula is C38H49N3O12. The van der Waals surface area contributed by atoms with Gasteiger partial charge in [0.05, 0.1) is 0 Å². The van der Waals surface area contributed by atoms with Gasteiger partial charge in [-0.05, 0) is 24.0 Å². The molecule has 2 aromatic rings. The molecule has 2 unspecified atom stereocenters. The van der Waals surface area contributed by atoms with Crippen molar-refractivity contribution in [2.24, 2.45) is 0 Å². The number of hydrogen-bond acceptors (Lipinski definition) is 12. The predicted molar refractivity (Wildman–Crippen MR) is 189 cm³/mol. The quantitative estimate of drug-likeness (QED) is 0.0772. The Bertz CT molecular complexity index is 1540. The maximum Gasteiger partial charge on any atom is 0.303 e. The van der Waals surface area contributed by atoms with Gasteiger partial charge in [0.1, 0.15) is 24.8 Å². The van der Waals surface area contributed by atoms with Crippen molar-refractivity contribution in [1.82, 2.24) is 16.0 Å². The second-order valence-electron chi connectivity index (χ2n) is 12.6. The van der Waals surface area contributed by atoms with Crippen LogP contribution >= 0.6 is 0 Å². The van der Waals surface area contributed by atoms with E-state index in [2.05, 4.69) is 16.0 Å². The highest BCUT2D eigenvalue weighted by Gasteiger charge is 2.51. The number of Topliss-reactive ketones (excluding diaryl/α,β-unsaturated/α-hetero) is 1. The zero-order valence-electron chi connectivity index (χ0n) is 30.5. The number of rotatable bonds is 20. The van der Waals surface area contributed by atoms with E-state index < -0.39 is 78.1 Å². The molecule has 15 heteroatoms. The van der Waals surface area contributed by atoms with Gasteiger partial charge in [-0.3, -0.25) is 33.6 Å². The highest BCUT2D eigenvalue weighted by atomic mass is 16.7. The van der Waals surface area contributed by atoms with Gasteiger partial charge in [0.2, 0.25) is 17.6 Å². The molecular weight excluding hydrogens is 690 g/mol. The maximum absolute atomic E-state index is 13.2. The molecule has 3 rings (SSSR count). The van der Waals surface area contributed by atoms with Gasteiger partial charge in [-0.25, -0.2) is 0 Å². The highest BCUT2D eigenvalue weighted by molar-refractivity contribution is 6.37. The summed E-state index contributed by atoms with van der Waals surface area (Å²) >= 11 is 0. The number of unbranched alkanes of at least 4 members (excludes halogenated alkanes) is 3. The molecule has 288 valence electrons. The Morgan fingerprint density at radius 3 is 1.94 bits per heavy atom. The lowest BCUT2D eigenvalue weighted by atomic mass is 9.96. The number of amides is 3. The fourth-order valence-corrected chi connectivity index (χ4v) is 5.71. The van der Waals surface area contributed by atoms with Crippen LogP contribution in [0.2, 0.25) is 0 Å². The summed E-state index contributed by atoms with van der Waals surface area (Å²) in [6.07, 6.45) is -1.94. The smallest absolute Gasteiger partial charge is 0.303 e. The van der Waals surface area contributed by atoms with Crippen LogP contribution in [0.3, 0.4) is 0 Å². The van der Waals surface area contributed by atoms with E-state index in [1.165, 1.54) is 13.8 Å². The largest absolute Gasteiger partial charge is 0.463 e. The summed E-state index contributed by atoms with van der Waals surface area (Å²) in [7, 11) is 0. The van der Waals surface area contributed by atoms with Crippen LogP contribution in [0.15, 0.2) is 60.7 Å². The second kappa shape index (κ2) is 22.0. The van der Waals surface area contributed by atoms with E-state index in [1.54, 1.807) is 24.3 Å². The molecule has 53 heavy (non-hydrogen) atoms. The Morgan fingerprint density at radius 1 is 0.736 bits per heavy atom. The minimum atomic E-state index is -1.21. The number of benzene rings is 2. The number of ether oxygens (including phenoxy) is 5. The fourth-order valence-electron chi connectivity index (χ4n) is 5.71. The van der Waals surface area contributed by atoms with Crippen LogP contribution in [0.4, 0.5) is 0 Å². The van der Waals surface area contributed by atoms with Gasteiger partial charge in [-0.1, -0.05) is 73.5 Å². The van der Waals surface area contributed by atoms with Crippen molar-refractivity contribution in [1.29, 1.82) is 0 Å². The maximum atomic E-state index is 13.2. The van der Waals surface area contributed by atoms with E-state index in [0.717, 1.165) is 19.4 Å². The number of esters is 3. The third-order valence-electron chi connectivity index (χ3n) is 8.09. The van der Waals surface area contributed by atoms with E-state index in [1.807, 2.05) is 36.4 Å². The molecule has 1 aliphatic rings. The van der Waals surface area contributed by atoms with Crippen molar-refractivity contribution in [3.8, 4) is 0 Å². The zero-order valence-corrected chi connectivity index (χ0v) is 30.5. The summed E-state index contributed by atoms with van der Waals surface area (Å²) in [5, 5.41) is 8.13. The molecule has 0 saturated carbocycles. The molecule has 2 aromatic carbocycles. The van der Waals surface area contributed by atoms with Gasteiger partial charge in [0, 0.05) is 53.7 Å². The lowest BCUT2D eigenvalue weighted by Gasteiger charge is -2.44. The molecule has 0 radical (unpaired) electrons. The van der Waals surface area contributed by atoms with E-state index >= 15 is 0 Å². The van der Waals surface area contributed by atoms with Crippen LogP contribution in [-0.2, 0) is 70.1 Å². The minimum absolute atomic E-state index is 0.0761. The molecule has 3 N–H and O–H groups in total. The highest BCUT2D eigenvalue weighted by Crippen LogP contribution is 2.28. The fraction of sp³-hybridized carbons (Fsp3) is 0.500. The van der Waals surface area contributed by atoms with E-state index in [4.69, 9.17) is 23.7 Å². The Hall–Kier alpha value is -5.15. The number of nitrogens with one attached hydrogen (secondary N) is 3. The van der Waals surface area contributed by atoms with Crippen molar-refractivity contribution in [3.05, 3.63) is 71.8 Å². The molecule has 0 bridgehead atoms. The van der Waals surface area contributed by atoms with Crippen LogP contribution in [0.25, 0.3) is 0 Å². The Kier molecular flexibility index (Phi) is 17.6. The third kappa shape index (κ3) is 15.2. The monoisotopic (exact) mass is 739 g/mol. The molecule has 15 nitrogen and oxygen atoms in total. The lowest BCUT2D eigenvalue weighted by molar-refractivity contribution is -0.277. The van der Waals surface area contributed by atoms with E-state index in [9.17, 15) is 33.6 Å². The van der Waals surface area contributed by atoms with Crippen molar-refractivity contribution >= 4 is 41.4 Å². The lowest BCUT2D eigenvalue weighted by Crippen LogP contribution is -2.66. The Morgan fingerprint density at radius 2 is 1.34 bits per heavy atom. The minimum Gasteiger partial charge on any atom is -0.463 e. The van der Waals surface area contributed by atoms with Crippen LogP contribution in [0, 0.1) is 0 Å². The standard InChI is InChI=1S/C38H49N3O12/c1-24(42)40-33-35(52-27(4)45)34(51-26(3)44)32(23-50-25(2)43)53-38(33)49-20-14-6-5-13-19-39-36(47)30(21-28-15-9-7-10-16-28)41-37(48)31(46)22-29-17-11-8-12-18-29/h7-12,15-18,30,32-35,38H,5-6,13-14,19-23H2,1-4H3,(H,39,47)(H,40,42)(H,41,48)/t30-,32?,33?,34+,35+,38+/m0/s1. The topological polar surface area (TPSA) is 202 Å². The number of hydrogen-bond donors (Lipinski definition) is 3. The summed E-state index contributed by atoms with van der Waals surface area (Å²) < 4.78 is 28.0. The molecule has 1 fully saturated rings. The number of carbonyl (C=O) groups is 7. The Balaban J connectivity index is 1.52. The average Bonchev–Trinajstić information content (AvgIpc) is 3.10. The van der Waals surface area contributed by atoms with Crippen molar-refractivity contribution < 1.29 is 57.2 Å². The first-order valence-electron chi connectivity index (χ1n) is 17.5. The van der Waals surface area contributed by atoms with Crippen LogP contribution in [0.5, 0.6) is 0 Å². The van der Waals surface area contributed by atoms with Gasteiger partial charge >= 0.3 is 17.9 Å². The first-order valence-corrected chi connectivity index (χ1v) is 17.5. The first kappa shape index (κ1) is 42.3. The van der Waals surface area contributed by atoms with Crippen LogP contribution < -0.4 is 16.0 Å². The Labute approximate surface area is 308 Å². The normalized spacial score (nSPS) is 19.9. The van der Waals surface area contributed by atoms with Gasteiger partial charge in [-0.2, -0.15) is 0 Å². The summed E-state index contributed by atoms with van der Waals surface area (Å²) in [5.74, 6) is -4.37. The summed E-state index contributed by atoms with van der Waals surface area (Å²) in [6.45, 7) is 4.95. The molecule has 0 aromatic heterocycles. The van der Waals surface area contributed by atoms with E-state index in [-0.39, 0.29) is 26.1 Å². The van der Waals surface area contributed by atoms with Crippen molar-refractivity contribution in [3.63, 3.8) is 0 Å². The molecule has 6 atom stereocenters. The van der Waals surface area contributed by atoms with Gasteiger partial charge < -0.3 is 39.6 Å². The van der Waals surface area contributed by atoms with Crippen molar-refractivity contribution in [2.75, 3.05) is 19.8 Å². The van der Waals surface area contributed by atoms with Crippen LogP contribution in [0.1, 0.15) is 64.5 Å². The SMILES string of the molecule is CC(=O)NC1[C@H](OCCCCCCNC(=O)[C@H](Cc2ccccc2)NC(=O)C(=O)Cc2ccccc2)OC(COC(C)=O)[C@@H](OC(C)=O)[C@@H]1OC(C)=O. The molecule has 0 spiro atoms. The second-order valence-corrected chi connectivity index (χ2v) is 12.6. The predicted octanol–water partition coefficient (Wildman–Crippen LogP) is 1.88. The number of carbonyl (C=O) groups excluding carboxylic acids is 7. The zero-order chi connectivity index (χ0) is 38.8. The molecule has 1 heterocycles. The first-order chi connectivity index (χ1) is 25.3. The van der Waals surface area contributed by atoms with E-state index in [0.29, 0.717) is 37.8 Å². The molecule has 0 aliphatic carbocycles. The van der Waals surface area contributed by atoms with Crippen LogP contribution in [-0.4, -0.2) is 97.9 Å². The molecule has 3 amide bonds. The molecule has 1 saturated heterocycles. The number of ketones is 1. The summed E-state index contributed by atoms with van der Waals surface area (Å²) in [4.78, 5) is 86.2. The average molecular weight is 740 g/mol.